The van der Waals surface area contributed by atoms with Crippen molar-refractivity contribution in [1.29, 1.82) is 0 Å². The number of hydrogen-bond acceptors (Lipinski definition) is 7. The molecule has 1 aromatic heterocycles. The first kappa shape index (κ1) is 28.8. The van der Waals surface area contributed by atoms with Crippen molar-refractivity contribution in [3.05, 3.63) is 127 Å². The minimum absolute atomic E-state index is 0.166. The number of hydrogen-bond donors (Lipinski definition) is 0. The van der Waals surface area contributed by atoms with E-state index in [1.54, 1.807) is 0 Å². The molecule has 0 N–H and O–H groups in total. The van der Waals surface area contributed by atoms with Gasteiger partial charge in [0.2, 0.25) is 0 Å². The summed E-state index contributed by atoms with van der Waals surface area (Å²) < 4.78 is 41.3. The van der Waals surface area contributed by atoms with Crippen LogP contribution in [0, 0.1) is 10.2 Å². The third-order valence-electron chi connectivity index (χ3n) is 5.74. The first-order chi connectivity index (χ1) is 18.7. The number of aromatic nitrogens is 1. The number of carbonyl (C=O) groups excluding carboxylic acids is 1. The molecule has 10 heteroatoms. The van der Waals surface area contributed by atoms with Crippen molar-refractivity contribution < 1.29 is 38.4 Å². The number of rotatable bonds is 6. The van der Waals surface area contributed by atoms with Crippen molar-refractivity contribution in [2.24, 2.45) is 0 Å². The van der Waals surface area contributed by atoms with Crippen LogP contribution in [0.3, 0.4) is 0 Å². The normalized spacial score (nSPS) is 11.3. The molecule has 0 saturated carbocycles. The largest absolute Gasteiger partial charge is 0.222 e. The van der Waals surface area contributed by atoms with Gasteiger partial charge < -0.3 is 0 Å². The summed E-state index contributed by atoms with van der Waals surface area (Å²) in [6.07, 6.45) is 0. The number of halogens is 1. The molecule has 4 aromatic carbocycles. The number of esters is 1. The van der Waals surface area contributed by atoms with Gasteiger partial charge in [-0.3, -0.25) is 0 Å². The first-order valence-corrected chi connectivity index (χ1v) is 16.3. The predicted octanol–water partition coefficient (Wildman–Crippen LogP) is -0.544. The van der Waals surface area contributed by atoms with Gasteiger partial charge >= 0.3 is 207 Å². The molecule has 198 valence electrons. The van der Waals surface area contributed by atoms with E-state index >= 15 is 0 Å². The molecule has 5 rings (SSSR count). The molecule has 0 amide bonds. The molecular formula is C29H23ClNO6PSe. The molecule has 1 heterocycles. The molecule has 0 aliphatic rings. The number of nitrogens with zero attached hydrogens (tertiary/aromatic N) is 1. The average molecular weight is 627 g/mol. The second kappa shape index (κ2) is 12.8. The molecule has 0 atom stereocenters. The van der Waals surface area contributed by atoms with E-state index in [4.69, 9.17) is 28.4 Å². The van der Waals surface area contributed by atoms with Gasteiger partial charge in [0.15, 0.2) is 0 Å². The van der Waals surface area contributed by atoms with Gasteiger partial charge in [0.05, 0.1) is 0 Å². The Morgan fingerprint density at radius 1 is 0.692 bits per heavy atom. The van der Waals surface area contributed by atoms with Gasteiger partial charge in [0, 0.05) is 0 Å². The van der Waals surface area contributed by atoms with E-state index in [-0.39, 0.29) is 20.5 Å². The van der Waals surface area contributed by atoms with Gasteiger partial charge in [-0.15, -0.1) is 10.2 Å². The van der Waals surface area contributed by atoms with Crippen molar-refractivity contribution >= 4 is 47.8 Å². The topological polar surface area (TPSA) is 131 Å². The third-order valence-corrected chi connectivity index (χ3v) is 13.9. The quantitative estimate of drug-likeness (QED) is 0.141. The summed E-state index contributed by atoms with van der Waals surface area (Å²) >= 11 is -0.166. The standard InChI is InChI=1S/C29H23NO2PSe.ClHO4/c1-32-28(31)26-29(34-27(30-26)22-14-6-2-7-15-22)33(23-16-8-3-9-17-23,24-18-10-4-11-19-24)25-20-12-5-13-21-25;2-1(3,4)5/h2-21H,1H3;(H,2,3,4,5)/q+1;/p-1. The van der Waals surface area contributed by atoms with Crippen LogP contribution in [0.1, 0.15) is 10.5 Å². The van der Waals surface area contributed by atoms with E-state index in [9.17, 15) is 4.79 Å². The van der Waals surface area contributed by atoms with E-state index < -0.39 is 17.5 Å². The fraction of sp³-hybridized carbons (Fsp3) is 0.0345. The van der Waals surface area contributed by atoms with Crippen LogP contribution in [-0.4, -0.2) is 32.6 Å². The molecule has 0 saturated heterocycles. The van der Waals surface area contributed by atoms with Gasteiger partial charge in [-0.05, 0) is 0 Å². The van der Waals surface area contributed by atoms with Crippen LogP contribution in [0.25, 0.3) is 10.1 Å². The Balaban J connectivity index is 0.000000648. The van der Waals surface area contributed by atoms with Crippen LogP contribution in [0.4, 0.5) is 0 Å². The minimum Gasteiger partial charge on any atom is -0.222 e. The molecule has 39 heavy (non-hydrogen) atoms. The average Bonchev–Trinajstić information content (AvgIpc) is 3.40. The van der Waals surface area contributed by atoms with Crippen LogP contribution in [-0.2, 0) is 4.74 Å². The van der Waals surface area contributed by atoms with Gasteiger partial charge in [0.1, 0.15) is 0 Å². The van der Waals surface area contributed by atoms with Crippen molar-refractivity contribution in [3.8, 4) is 10.1 Å². The molecule has 0 bridgehead atoms. The first-order valence-electron chi connectivity index (χ1n) is 11.6. The van der Waals surface area contributed by atoms with Crippen molar-refractivity contribution in [2.45, 2.75) is 0 Å². The Labute approximate surface area is 234 Å². The Morgan fingerprint density at radius 3 is 1.41 bits per heavy atom. The summed E-state index contributed by atoms with van der Waals surface area (Å²) in [6, 6.07) is 41.8. The number of methoxy groups -OCH3 is 1. The molecule has 0 radical (unpaired) electrons. The van der Waals surface area contributed by atoms with Gasteiger partial charge in [0.25, 0.3) is 0 Å². The molecular weight excluding hydrogens is 604 g/mol. The van der Waals surface area contributed by atoms with Crippen molar-refractivity contribution in [2.75, 3.05) is 7.11 Å². The fourth-order valence-electron chi connectivity index (χ4n) is 4.23. The number of benzene rings is 4. The van der Waals surface area contributed by atoms with Gasteiger partial charge in [-0.2, -0.15) is 0 Å². The molecule has 5 aromatic rings. The molecule has 0 unspecified atom stereocenters. The Morgan fingerprint density at radius 2 is 1.05 bits per heavy atom. The maximum absolute atomic E-state index is 13.2. The van der Waals surface area contributed by atoms with Gasteiger partial charge in [-0.1, -0.05) is 0 Å². The Hall–Kier alpha value is -3.16. The molecule has 0 aliphatic carbocycles. The van der Waals surface area contributed by atoms with Gasteiger partial charge in [-0.25, -0.2) is 18.6 Å². The summed E-state index contributed by atoms with van der Waals surface area (Å²) in [5, 5.41) is 3.61. The van der Waals surface area contributed by atoms with Crippen molar-refractivity contribution in [3.63, 3.8) is 0 Å². The van der Waals surface area contributed by atoms with Crippen LogP contribution < -0.4 is 38.7 Å². The van der Waals surface area contributed by atoms with E-state index in [1.807, 2.05) is 36.4 Å². The SMILES string of the molecule is COC(=O)c1nc(-c2ccccc2)[se]c1[P+](c1ccccc1)(c1ccccc1)c1ccccc1.[O-][Cl+3]([O-])([O-])[O-]. The summed E-state index contributed by atoms with van der Waals surface area (Å²) in [7, 11) is -5.90. The number of ether oxygens (including phenoxy) is 1. The minimum atomic E-state index is -4.94. The number of carbonyl (C=O) groups is 1. The second-order valence-corrected chi connectivity index (χ2v) is 15.0. The fourth-order valence-corrected chi connectivity index (χ4v) is 13.3. The van der Waals surface area contributed by atoms with E-state index in [0.717, 1.165) is 14.3 Å². The van der Waals surface area contributed by atoms with Crippen LogP contribution >= 0.6 is 7.26 Å². The summed E-state index contributed by atoms with van der Waals surface area (Å²) in [4.78, 5) is 18.1. The molecule has 0 fully saturated rings. The Bertz CT molecular complexity index is 1390. The van der Waals surface area contributed by atoms with Crippen LogP contribution in [0.5, 0.6) is 0 Å². The molecule has 0 aliphatic heterocycles. The van der Waals surface area contributed by atoms with E-state index in [0.29, 0.717) is 5.69 Å². The third kappa shape index (κ3) is 6.71. The summed E-state index contributed by atoms with van der Waals surface area (Å²) in [5.74, 6) is -0.380. The maximum atomic E-state index is 13.2. The molecule has 0 spiro atoms. The van der Waals surface area contributed by atoms with E-state index in [2.05, 4.69) is 84.9 Å². The van der Waals surface area contributed by atoms with Crippen LogP contribution in [0.2, 0.25) is 0 Å². The summed E-state index contributed by atoms with van der Waals surface area (Å²) in [6.45, 7) is 0. The second-order valence-electron chi connectivity index (χ2n) is 8.09. The van der Waals surface area contributed by atoms with Crippen molar-refractivity contribution in [1.82, 2.24) is 4.98 Å². The maximum Gasteiger partial charge on any atom is -0.112 e. The Kier molecular flexibility index (Phi) is 9.46. The zero-order valence-electron chi connectivity index (χ0n) is 20.7. The van der Waals surface area contributed by atoms with E-state index in [1.165, 1.54) is 23.0 Å². The smallest absolute Gasteiger partial charge is 0.112 e. The summed E-state index contributed by atoms with van der Waals surface area (Å²) in [5.41, 5.74) is 1.50. The van der Waals surface area contributed by atoms with Crippen LogP contribution in [0.15, 0.2) is 121 Å². The zero-order chi connectivity index (χ0) is 27.9. The molecule has 7 nitrogen and oxygen atoms in total. The predicted molar refractivity (Wildman–Crippen MR) is 143 cm³/mol. The zero-order valence-corrected chi connectivity index (χ0v) is 24.0. The monoisotopic (exact) mass is 627 g/mol.